The standard InChI is InChI=1S/C12H14BrN3OS/c13-10-5-9(6-15-7-10)12(17)16-3-1-8(2-4-16)11(14)18/h5-8H,1-4H2,(H2,14,18). The lowest BCUT2D eigenvalue weighted by molar-refractivity contribution is 0.0710. The van der Waals surface area contributed by atoms with E-state index in [1.54, 1.807) is 18.5 Å². The summed E-state index contributed by atoms with van der Waals surface area (Å²) in [7, 11) is 0. The number of likely N-dealkylation sites (tertiary alicyclic amines) is 1. The summed E-state index contributed by atoms with van der Waals surface area (Å²) < 4.78 is 0.811. The number of carbonyl (C=O) groups is 1. The normalized spacial score (nSPS) is 16.6. The smallest absolute Gasteiger partial charge is 0.255 e. The molecule has 1 aliphatic rings. The minimum Gasteiger partial charge on any atom is -0.393 e. The summed E-state index contributed by atoms with van der Waals surface area (Å²) in [6.07, 6.45) is 4.95. The topological polar surface area (TPSA) is 59.2 Å². The highest BCUT2D eigenvalue weighted by Gasteiger charge is 2.25. The Labute approximate surface area is 120 Å². The molecule has 4 nitrogen and oxygen atoms in total. The molecule has 0 saturated carbocycles. The fourth-order valence-electron chi connectivity index (χ4n) is 2.08. The molecule has 2 N–H and O–H groups in total. The Balaban J connectivity index is 2.02. The number of hydrogen-bond acceptors (Lipinski definition) is 3. The fraction of sp³-hybridized carbons (Fsp3) is 0.417. The molecule has 1 aliphatic heterocycles. The quantitative estimate of drug-likeness (QED) is 0.844. The third-order valence-corrected chi connectivity index (χ3v) is 3.90. The van der Waals surface area contributed by atoms with Crippen molar-refractivity contribution in [2.45, 2.75) is 12.8 Å². The minimum atomic E-state index is 0.0187. The molecule has 2 rings (SSSR count). The van der Waals surface area contributed by atoms with Crippen molar-refractivity contribution in [2.75, 3.05) is 13.1 Å². The van der Waals surface area contributed by atoms with Crippen LogP contribution in [0.25, 0.3) is 0 Å². The fourth-order valence-corrected chi connectivity index (χ4v) is 2.68. The third kappa shape index (κ3) is 3.05. The van der Waals surface area contributed by atoms with Crippen LogP contribution in [-0.2, 0) is 0 Å². The van der Waals surface area contributed by atoms with Gasteiger partial charge in [0, 0.05) is 35.9 Å². The first-order valence-electron chi connectivity index (χ1n) is 5.77. The number of thiocarbonyl (C=S) groups is 1. The van der Waals surface area contributed by atoms with Crippen molar-refractivity contribution in [2.24, 2.45) is 11.7 Å². The lowest BCUT2D eigenvalue weighted by Crippen LogP contribution is -2.41. The van der Waals surface area contributed by atoms with E-state index in [4.69, 9.17) is 18.0 Å². The van der Waals surface area contributed by atoms with Gasteiger partial charge in [0.05, 0.1) is 10.6 Å². The molecular weight excluding hydrogens is 314 g/mol. The summed E-state index contributed by atoms with van der Waals surface area (Å²) in [6, 6.07) is 1.79. The number of pyridine rings is 1. The Morgan fingerprint density at radius 3 is 2.67 bits per heavy atom. The first kappa shape index (κ1) is 13.4. The van der Waals surface area contributed by atoms with E-state index in [1.165, 1.54) is 0 Å². The van der Waals surface area contributed by atoms with Gasteiger partial charge in [0.1, 0.15) is 0 Å². The van der Waals surface area contributed by atoms with Crippen LogP contribution in [0.4, 0.5) is 0 Å². The van der Waals surface area contributed by atoms with Gasteiger partial charge in [0.25, 0.3) is 5.91 Å². The minimum absolute atomic E-state index is 0.0187. The Kier molecular flexibility index (Phi) is 4.29. The van der Waals surface area contributed by atoms with Crippen LogP contribution in [-0.4, -0.2) is 33.9 Å². The van der Waals surface area contributed by atoms with Crippen molar-refractivity contribution < 1.29 is 4.79 Å². The Morgan fingerprint density at radius 1 is 1.44 bits per heavy atom. The summed E-state index contributed by atoms with van der Waals surface area (Å²) in [5.74, 6) is 0.287. The van der Waals surface area contributed by atoms with Gasteiger partial charge in [-0.25, -0.2) is 0 Å². The zero-order valence-corrected chi connectivity index (χ0v) is 12.2. The van der Waals surface area contributed by atoms with E-state index in [0.717, 1.165) is 17.3 Å². The molecule has 0 aromatic carbocycles. The molecule has 0 aliphatic carbocycles. The first-order valence-corrected chi connectivity index (χ1v) is 6.97. The Bertz CT molecular complexity index is 472. The van der Waals surface area contributed by atoms with Gasteiger partial charge in [-0.15, -0.1) is 0 Å². The van der Waals surface area contributed by atoms with E-state index in [9.17, 15) is 4.79 Å². The maximum absolute atomic E-state index is 12.2. The summed E-state index contributed by atoms with van der Waals surface area (Å²) in [5, 5.41) is 0. The van der Waals surface area contributed by atoms with Crippen LogP contribution in [0.5, 0.6) is 0 Å². The molecule has 2 heterocycles. The summed E-state index contributed by atoms with van der Waals surface area (Å²) in [5.41, 5.74) is 6.24. The van der Waals surface area contributed by atoms with E-state index in [0.29, 0.717) is 23.6 Å². The number of halogens is 1. The van der Waals surface area contributed by atoms with E-state index in [2.05, 4.69) is 20.9 Å². The number of nitrogens with two attached hydrogens (primary N) is 1. The van der Waals surface area contributed by atoms with E-state index in [1.807, 2.05) is 4.90 Å². The van der Waals surface area contributed by atoms with Gasteiger partial charge in [-0.05, 0) is 34.8 Å². The van der Waals surface area contributed by atoms with Crippen LogP contribution in [0.3, 0.4) is 0 Å². The van der Waals surface area contributed by atoms with Gasteiger partial charge in [-0.1, -0.05) is 12.2 Å². The second kappa shape index (κ2) is 5.75. The molecule has 1 aromatic heterocycles. The first-order chi connectivity index (χ1) is 8.58. The van der Waals surface area contributed by atoms with Crippen molar-refractivity contribution in [3.63, 3.8) is 0 Å². The van der Waals surface area contributed by atoms with Gasteiger partial charge >= 0.3 is 0 Å². The molecule has 1 amide bonds. The average molecular weight is 328 g/mol. The van der Waals surface area contributed by atoms with E-state index >= 15 is 0 Å². The lowest BCUT2D eigenvalue weighted by atomic mass is 9.96. The van der Waals surface area contributed by atoms with Crippen LogP contribution in [0.15, 0.2) is 22.9 Å². The van der Waals surface area contributed by atoms with E-state index < -0.39 is 0 Å². The average Bonchev–Trinajstić information content (AvgIpc) is 2.38. The van der Waals surface area contributed by atoms with Gasteiger partial charge in [-0.2, -0.15) is 0 Å². The van der Waals surface area contributed by atoms with Gasteiger partial charge in [-0.3, -0.25) is 9.78 Å². The molecule has 0 spiro atoms. The monoisotopic (exact) mass is 327 g/mol. The second-order valence-electron chi connectivity index (χ2n) is 4.36. The SMILES string of the molecule is NC(=S)C1CCN(C(=O)c2cncc(Br)c2)CC1. The van der Waals surface area contributed by atoms with Crippen LogP contribution in [0.2, 0.25) is 0 Å². The van der Waals surface area contributed by atoms with Gasteiger partial charge in [0.2, 0.25) is 0 Å². The van der Waals surface area contributed by atoms with Crippen LogP contribution in [0.1, 0.15) is 23.2 Å². The molecule has 1 saturated heterocycles. The van der Waals surface area contributed by atoms with Crippen molar-refractivity contribution in [3.8, 4) is 0 Å². The molecule has 0 unspecified atom stereocenters. The third-order valence-electron chi connectivity index (χ3n) is 3.14. The predicted molar refractivity (Wildman–Crippen MR) is 77.3 cm³/mol. The van der Waals surface area contributed by atoms with Crippen LogP contribution < -0.4 is 5.73 Å². The Hall–Kier alpha value is -1.01. The maximum Gasteiger partial charge on any atom is 0.255 e. The van der Waals surface area contributed by atoms with Crippen LogP contribution >= 0.6 is 28.1 Å². The molecule has 0 bridgehead atoms. The number of carbonyl (C=O) groups excluding carboxylic acids is 1. The zero-order chi connectivity index (χ0) is 13.1. The molecule has 0 atom stereocenters. The molecule has 0 radical (unpaired) electrons. The highest BCUT2D eigenvalue weighted by atomic mass is 79.9. The number of rotatable bonds is 2. The molecule has 1 aromatic rings. The Morgan fingerprint density at radius 2 is 2.11 bits per heavy atom. The molecule has 18 heavy (non-hydrogen) atoms. The maximum atomic E-state index is 12.2. The summed E-state index contributed by atoms with van der Waals surface area (Å²) in [4.78, 5) is 18.6. The van der Waals surface area contributed by atoms with Crippen molar-refractivity contribution in [1.29, 1.82) is 0 Å². The zero-order valence-electron chi connectivity index (χ0n) is 9.80. The molecule has 1 fully saturated rings. The predicted octanol–water partition coefficient (Wildman–Crippen LogP) is 1.98. The number of aromatic nitrogens is 1. The summed E-state index contributed by atoms with van der Waals surface area (Å²) >= 11 is 8.30. The highest BCUT2D eigenvalue weighted by molar-refractivity contribution is 9.10. The van der Waals surface area contributed by atoms with E-state index in [-0.39, 0.29) is 11.8 Å². The highest BCUT2D eigenvalue weighted by Crippen LogP contribution is 2.20. The second-order valence-corrected chi connectivity index (χ2v) is 5.75. The molecule has 96 valence electrons. The van der Waals surface area contributed by atoms with Gasteiger partial charge in [0.15, 0.2) is 0 Å². The molecule has 6 heteroatoms. The number of piperidine rings is 1. The van der Waals surface area contributed by atoms with Crippen molar-refractivity contribution in [3.05, 3.63) is 28.5 Å². The van der Waals surface area contributed by atoms with Crippen molar-refractivity contribution >= 4 is 39.0 Å². The van der Waals surface area contributed by atoms with Gasteiger partial charge < -0.3 is 10.6 Å². The number of hydrogen-bond donors (Lipinski definition) is 1. The molecular formula is C12H14BrN3OS. The van der Waals surface area contributed by atoms with Crippen molar-refractivity contribution in [1.82, 2.24) is 9.88 Å². The number of amides is 1. The summed E-state index contributed by atoms with van der Waals surface area (Å²) in [6.45, 7) is 1.40. The number of nitrogens with zero attached hydrogens (tertiary/aromatic N) is 2. The lowest BCUT2D eigenvalue weighted by Gasteiger charge is -2.31. The largest absolute Gasteiger partial charge is 0.393 e. The van der Waals surface area contributed by atoms with Crippen LogP contribution in [0, 0.1) is 5.92 Å².